The number of hydrogen-bond acceptors (Lipinski definition) is 4. The number of unbranched alkanes of at least 4 members (excludes halogenated alkanes) is 1. The molecule has 1 atom stereocenters. The minimum absolute atomic E-state index is 0.166. The Morgan fingerprint density at radius 3 is 2.89 bits per heavy atom. The number of thiophene rings is 2. The van der Waals surface area contributed by atoms with Crippen LogP contribution in [0.4, 0.5) is 0 Å². The van der Waals surface area contributed by atoms with Crippen molar-refractivity contribution in [3.8, 4) is 0 Å². The maximum atomic E-state index is 12.0. The van der Waals surface area contributed by atoms with E-state index in [1.807, 2.05) is 6.07 Å². The van der Waals surface area contributed by atoms with Gasteiger partial charge in [-0.25, -0.2) is 4.79 Å². The van der Waals surface area contributed by atoms with Crippen molar-refractivity contribution in [2.75, 3.05) is 6.61 Å². The number of carbonyl (C=O) groups is 1. The first kappa shape index (κ1) is 14.5. The lowest BCUT2D eigenvalue weighted by Gasteiger charge is -2.14. The quantitative estimate of drug-likeness (QED) is 0.645. The van der Waals surface area contributed by atoms with Crippen LogP contribution in [0.5, 0.6) is 0 Å². The molecule has 0 aliphatic carbocycles. The highest BCUT2D eigenvalue weighted by molar-refractivity contribution is 7.23. The molecule has 2 aromatic rings. The summed E-state index contributed by atoms with van der Waals surface area (Å²) in [5.41, 5.74) is 0. The molecule has 4 heteroatoms. The number of fused-ring (bicyclic) bond motifs is 1. The summed E-state index contributed by atoms with van der Waals surface area (Å²) < 4.78 is 6.63. The fourth-order valence-electron chi connectivity index (χ4n) is 2.04. The maximum absolute atomic E-state index is 12.0. The van der Waals surface area contributed by atoms with Gasteiger partial charge in [-0.3, -0.25) is 0 Å². The summed E-state index contributed by atoms with van der Waals surface area (Å²) >= 11 is 3.19. The van der Waals surface area contributed by atoms with Gasteiger partial charge in [0.15, 0.2) is 0 Å². The lowest BCUT2D eigenvalue weighted by molar-refractivity contribution is 0.0434. The van der Waals surface area contributed by atoms with Gasteiger partial charge in [-0.2, -0.15) is 11.3 Å². The Bertz CT molecular complexity index is 498. The third-order valence-corrected chi connectivity index (χ3v) is 5.34. The minimum atomic E-state index is -0.166. The van der Waals surface area contributed by atoms with Crippen molar-refractivity contribution in [3.05, 3.63) is 21.7 Å². The van der Waals surface area contributed by atoms with Gasteiger partial charge in [0, 0.05) is 15.5 Å². The molecule has 0 saturated heterocycles. The Labute approximate surface area is 122 Å². The predicted octanol–water partition coefficient (Wildman–Crippen LogP) is 5.34. The van der Waals surface area contributed by atoms with Crippen molar-refractivity contribution in [1.82, 2.24) is 0 Å². The van der Waals surface area contributed by atoms with Gasteiger partial charge in [-0.15, -0.1) is 11.3 Å². The molecule has 2 aromatic heterocycles. The second-order valence-electron chi connectivity index (χ2n) is 4.82. The van der Waals surface area contributed by atoms with E-state index < -0.39 is 0 Å². The van der Waals surface area contributed by atoms with E-state index in [1.165, 1.54) is 28.9 Å². The van der Waals surface area contributed by atoms with Crippen LogP contribution in [0.2, 0.25) is 0 Å². The van der Waals surface area contributed by atoms with E-state index in [9.17, 15) is 4.79 Å². The molecule has 2 nitrogen and oxygen atoms in total. The van der Waals surface area contributed by atoms with Crippen molar-refractivity contribution in [2.45, 2.75) is 39.5 Å². The summed E-state index contributed by atoms with van der Waals surface area (Å²) in [6.07, 6.45) is 4.64. The molecule has 0 spiro atoms. The fourth-order valence-corrected chi connectivity index (χ4v) is 3.94. The van der Waals surface area contributed by atoms with Crippen LogP contribution in [0.25, 0.3) is 10.1 Å². The van der Waals surface area contributed by atoms with Crippen molar-refractivity contribution in [3.63, 3.8) is 0 Å². The highest BCUT2D eigenvalue weighted by Gasteiger charge is 2.14. The van der Waals surface area contributed by atoms with Crippen LogP contribution in [0.15, 0.2) is 16.8 Å². The van der Waals surface area contributed by atoms with Crippen LogP contribution in [0.3, 0.4) is 0 Å². The zero-order valence-corrected chi connectivity index (χ0v) is 13.1. The van der Waals surface area contributed by atoms with Crippen molar-refractivity contribution in [2.24, 2.45) is 5.92 Å². The minimum Gasteiger partial charge on any atom is -0.461 e. The summed E-state index contributed by atoms with van der Waals surface area (Å²) in [6, 6.07) is 1.94. The molecule has 19 heavy (non-hydrogen) atoms. The third kappa shape index (κ3) is 3.80. The number of hydrogen-bond donors (Lipinski definition) is 0. The van der Waals surface area contributed by atoms with Gasteiger partial charge >= 0.3 is 5.97 Å². The SMILES string of the molecule is CCCCC(CC)COC(=O)c1cc2cscc2s1. The standard InChI is InChI=1S/C15H20O2S2/c1-3-5-6-11(4-2)8-17-15(16)13-7-12-9-18-10-14(12)19-13/h7,9-11H,3-6,8H2,1-2H3. The van der Waals surface area contributed by atoms with Gasteiger partial charge in [0.2, 0.25) is 0 Å². The van der Waals surface area contributed by atoms with Crippen molar-refractivity contribution < 1.29 is 9.53 Å². The maximum Gasteiger partial charge on any atom is 0.348 e. The van der Waals surface area contributed by atoms with Crippen LogP contribution in [-0.4, -0.2) is 12.6 Å². The van der Waals surface area contributed by atoms with Crippen LogP contribution in [0.1, 0.15) is 49.2 Å². The zero-order chi connectivity index (χ0) is 13.7. The summed E-state index contributed by atoms with van der Waals surface area (Å²) in [7, 11) is 0. The second kappa shape index (κ2) is 7.06. The summed E-state index contributed by atoms with van der Waals surface area (Å²) in [6.45, 7) is 4.91. The van der Waals surface area contributed by atoms with Crippen LogP contribution < -0.4 is 0 Å². The molecule has 0 N–H and O–H groups in total. The van der Waals surface area contributed by atoms with Crippen molar-refractivity contribution >= 4 is 38.7 Å². The molecule has 0 saturated carbocycles. The van der Waals surface area contributed by atoms with E-state index >= 15 is 0 Å². The normalized spacial score (nSPS) is 12.7. The summed E-state index contributed by atoms with van der Waals surface area (Å²) in [5.74, 6) is 0.338. The van der Waals surface area contributed by atoms with E-state index in [4.69, 9.17) is 4.74 Å². The zero-order valence-electron chi connectivity index (χ0n) is 11.5. The third-order valence-electron chi connectivity index (χ3n) is 3.36. The first-order chi connectivity index (χ1) is 9.24. The molecule has 0 bridgehead atoms. The molecular weight excluding hydrogens is 276 g/mol. The Kier molecular flexibility index (Phi) is 5.40. The Balaban J connectivity index is 1.88. The van der Waals surface area contributed by atoms with Gasteiger partial charge in [-0.1, -0.05) is 33.1 Å². The average Bonchev–Trinajstić information content (AvgIpc) is 2.99. The van der Waals surface area contributed by atoms with E-state index in [-0.39, 0.29) is 5.97 Å². The number of ether oxygens (including phenoxy) is 1. The molecule has 0 fully saturated rings. The molecule has 0 radical (unpaired) electrons. The monoisotopic (exact) mass is 296 g/mol. The Hall–Kier alpha value is -0.870. The topological polar surface area (TPSA) is 26.3 Å². The van der Waals surface area contributed by atoms with Crippen molar-refractivity contribution in [1.29, 1.82) is 0 Å². The van der Waals surface area contributed by atoms with E-state index in [0.717, 1.165) is 23.1 Å². The molecule has 2 rings (SSSR count). The molecule has 0 aliphatic heterocycles. The predicted molar refractivity (Wildman–Crippen MR) is 83.3 cm³/mol. The van der Waals surface area contributed by atoms with Gasteiger partial charge in [0.05, 0.1) is 6.61 Å². The summed E-state index contributed by atoms with van der Waals surface area (Å²) in [4.78, 5) is 12.7. The molecule has 2 heterocycles. The van der Waals surface area contributed by atoms with E-state index in [0.29, 0.717) is 12.5 Å². The van der Waals surface area contributed by atoms with Gasteiger partial charge in [-0.05, 0) is 23.8 Å². The molecule has 1 unspecified atom stereocenters. The smallest absolute Gasteiger partial charge is 0.348 e. The van der Waals surface area contributed by atoms with Crippen LogP contribution in [0, 0.1) is 5.92 Å². The lowest BCUT2D eigenvalue weighted by atomic mass is 10.0. The number of rotatable bonds is 7. The number of esters is 1. The highest BCUT2D eigenvalue weighted by atomic mass is 32.1. The highest BCUT2D eigenvalue weighted by Crippen LogP contribution is 2.29. The van der Waals surface area contributed by atoms with E-state index in [1.54, 1.807) is 11.3 Å². The van der Waals surface area contributed by atoms with Gasteiger partial charge in [0.25, 0.3) is 0 Å². The molecular formula is C15H20O2S2. The second-order valence-corrected chi connectivity index (χ2v) is 6.64. The average molecular weight is 296 g/mol. The van der Waals surface area contributed by atoms with Gasteiger partial charge < -0.3 is 4.74 Å². The van der Waals surface area contributed by atoms with Gasteiger partial charge in [0.1, 0.15) is 4.88 Å². The van der Waals surface area contributed by atoms with Crippen LogP contribution >= 0.6 is 22.7 Å². The lowest BCUT2D eigenvalue weighted by Crippen LogP contribution is -2.13. The largest absolute Gasteiger partial charge is 0.461 e. The molecule has 0 aromatic carbocycles. The Morgan fingerprint density at radius 2 is 2.21 bits per heavy atom. The molecule has 104 valence electrons. The Morgan fingerprint density at radius 1 is 1.37 bits per heavy atom. The molecule has 0 aliphatic rings. The van der Waals surface area contributed by atoms with E-state index in [2.05, 4.69) is 24.6 Å². The first-order valence-electron chi connectivity index (χ1n) is 6.87. The first-order valence-corrected chi connectivity index (χ1v) is 8.63. The number of carbonyl (C=O) groups excluding carboxylic acids is 1. The molecule has 0 amide bonds. The fraction of sp³-hybridized carbons (Fsp3) is 0.533. The van der Waals surface area contributed by atoms with Crippen LogP contribution in [-0.2, 0) is 4.74 Å². The summed E-state index contributed by atoms with van der Waals surface area (Å²) in [5, 5.41) is 5.30.